The zero-order valence-electron chi connectivity index (χ0n) is 12.3. The van der Waals surface area contributed by atoms with Crippen molar-refractivity contribution >= 4 is 17.5 Å². The van der Waals surface area contributed by atoms with Gasteiger partial charge in [0.15, 0.2) is 0 Å². The largest absolute Gasteiger partial charge is 0.472 e. The lowest BCUT2D eigenvalue weighted by molar-refractivity contribution is 0.0771. The van der Waals surface area contributed by atoms with Gasteiger partial charge in [0.25, 0.3) is 5.91 Å². The first-order chi connectivity index (χ1) is 10.6. The molecule has 1 aliphatic heterocycles. The number of carbonyl (C=O) groups excluding carboxylic acids is 1. The standard InChI is InChI=1S/C17H17ClN2O2/c1-12-2-7-16(19-10-12)22-15-8-9-20(11-15)17(21)13-3-5-14(18)6-4-13/h2-7,10,15H,8-9,11H2,1H3/t15-/m1/s1. The quantitative estimate of drug-likeness (QED) is 0.872. The fourth-order valence-electron chi connectivity index (χ4n) is 2.48. The normalized spacial score (nSPS) is 17.5. The van der Waals surface area contributed by atoms with Crippen LogP contribution in [0, 0.1) is 6.92 Å². The number of aromatic nitrogens is 1. The van der Waals surface area contributed by atoms with E-state index in [0.29, 0.717) is 29.6 Å². The van der Waals surface area contributed by atoms with Crippen molar-refractivity contribution in [2.24, 2.45) is 0 Å². The molecule has 114 valence electrons. The number of hydrogen-bond donors (Lipinski definition) is 0. The predicted molar refractivity (Wildman–Crippen MR) is 85.4 cm³/mol. The molecule has 1 aliphatic rings. The highest BCUT2D eigenvalue weighted by atomic mass is 35.5. The third-order valence-corrected chi connectivity index (χ3v) is 3.95. The maximum Gasteiger partial charge on any atom is 0.253 e. The minimum Gasteiger partial charge on any atom is -0.472 e. The number of amides is 1. The van der Waals surface area contributed by atoms with E-state index in [9.17, 15) is 4.79 Å². The average Bonchev–Trinajstić information content (AvgIpc) is 2.98. The van der Waals surface area contributed by atoms with Gasteiger partial charge in [0, 0.05) is 35.8 Å². The SMILES string of the molecule is Cc1ccc(O[C@@H]2CCN(C(=O)c3ccc(Cl)cc3)C2)nc1. The van der Waals surface area contributed by atoms with Crippen LogP contribution in [0.25, 0.3) is 0 Å². The van der Waals surface area contributed by atoms with Crippen molar-refractivity contribution in [3.05, 3.63) is 58.7 Å². The number of pyridine rings is 1. The van der Waals surface area contributed by atoms with Crippen LogP contribution < -0.4 is 4.74 Å². The van der Waals surface area contributed by atoms with Gasteiger partial charge in [0.05, 0.1) is 6.54 Å². The van der Waals surface area contributed by atoms with Gasteiger partial charge in [0.2, 0.25) is 5.88 Å². The zero-order chi connectivity index (χ0) is 15.5. The molecule has 1 aromatic carbocycles. The summed E-state index contributed by atoms with van der Waals surface area (Å²) in [6, 6.07) is 10.8. The molecular weight excluding hydrogens is 300 g/mol. The molecule has 0 spiro atoms. The fourth-order valence-corrected chi connectivity index (χ4v) is 2.60. The number of nitrogens with zero attached hydrogens (tertiary/aromatic N) is 2. The number of likely N-dealkylation sites (tertiary alicyclic amines) is 1. The van der Waals surface area contributed by atoms with Gasteiger partial charge < -0.3 is 9.64 Å². The molecule has 0 unspecified atom stereocenters. The van der Waals surface area contributed by atoms with Crippen LogP contribution in [-0.2, 0) is 0 Å². The summed E-state index contributed by atoms with van der Waals surface area (Å²) in [5.41, 5.74) is 1.75. The summed E-state index contributed by atoms with van der Waals surface area (Å²) in [4.78, 5) is 18.5. The summed E-state index contributed by atoms with van der Waals surface area (Å²) in [5, 5.41) is 0.629. The lowest BCUT2D eigenvalue weighted by Gasteiger charge is -2.17. The van der Waals surface area contributed by atoms with Gasteiger partial charge in [-0.2, -0.15) is 0 Å². The highest BCUT2D eigenvalue weighted by Crippen LogP contribution is 2.19. The van der Waals surface area contributed by atoms with E-state index in [2.05, 4.69) is 4.98 Å². The summed E-state index contributed by atoms with van der Waals surface area (Å²) >= 11 is 5.85. The molecule has 0 N–H and O–H groups in total. The second-order valence-corrected chi connectivity index (χ2v) is 5.90. The number of hydrogen-bond acceptors (Lipinski definition) is 3. The Morgan fingerprint density at radius 2 is 2.05 bits per heavy atom. The van der Waals surface area contributed by atoms with Crippen molar-refractivity contribution in [3.63, 3.8) is 0 Å². The van der Waals surface area contributed by atoms with Crippen molar-refractivity contribution < 1.29 is 9.53 Å². The molecule has 3 rings (SSSR count). The van der Waals surface area contributed by atoms with Crippen LogP contribution in [0.2, 0.25) is 5.02 Å². The summed E-state index contributed by atoms with van der Waals surface area (Å²) in [6.45, 7) is 3.26. The summed E-state index contributed by atoms with van der Waals surface area (Å²) < 4.78 is 5.84. The van der Waals surface area contributed by atoms with Crippen LogP contribution in [0.1, 0.15) is 22.3 Å². The molecule has 0 bridgehead atoms. The third kappa shape index (κ3) is 3.39. The zero-order valence-corrected chi connectivity index (χ0v) is 13.1. The molecule has 5 heteroatoms. The first-order valence-corrected chi connectivity index (χ1v) is 7.64. The highest BCUT2D eigenvalue weighted by Gasteiger charge is 2.28. The van der Waals surface area contributed by atoms with Gasteiger partial charge in [-0.25, -0.2) is 4.98 Å². The molecule has 22 heavy (non-hydrogen) atoms. The Morgan fingerprint density at radius 1 is 1.27 bits per heavy atom. The lowest BCUT2D eigenvalue weighted by atomic mass is 10.2. The van der Waals surface area contributed by atoms with Gasteiger partial charge >= 0.3 is 0 Å². The minimum atomic E-state index is -0.00791. The van der Waals surface area contributed by atoms with Crippen LogP contribution in [0.5, 0.6) is 5.88 Å². The maximum atomic E-state index is 12.4. The van der Waals surface area contributed by atoms with Gasteiger partial charge in [0.1, 0.15) is 6.10 Å². The molecule has 1 atom stereocenters. The van der Waals surface area contributed by atoms with Crippen LogP contribution in [0.15, 0.2) is 42.6 Å². The van der Waals surface area contributed by atoms with E-state index in [1.165, 1.54) is 0 Å². The van der Waals surface area contributed by atoms with Crippen LogP contribution in [-0.4, -0.2) is 35.0 Å². The van der Waals surface area contributed by atoms with E-state index in [0.717, 1.165) is 12.0 Å². The Labute approximate surface area is 134 Å². The fraction of sp³-hybridized carbons (Fsp3) is 0.294. The van der Waals surface area contributed by atoms with Crippen molar-refractivity contribution in [1.82, 2.24) is 9.88 Å². The van der Waals surface area contributed by atoms with E-state index < -0.39 is 0 Å². The molecule has 1 fully saturated rings. The van der Waals surface area contributed by atoms with Gasteiger partial charge in [-0.15, -0.1) is 0 Å². The molecule has 2 heterocycles. The van der Waals surface area contributed by atoms with E-state index in [-0.39, 0.29) is 12.0 Å². The Balaban J connectivity index is 1.61. The summed E-state index contributed by atoms with van der Waals surface area (Å²) in [7, 11) is 0. The predicted octanol–water partition coefficient (Wildman–Crippen LogP) is 3.34. The Bertz CT molecular complexity index is 655. The summed E-state index contributed by atoms with van der Waals surface area (Å²) in [5.74, 6) is 0.621. The molecule has 0 radical (unpaired) electrons. The average molecular weight is 317 g/mol. The molecule has 0 aliphatic carbocycles. The van der Waals surface area contributed by atoms with Crippen LogP contribution >= 0.6 is 11.6 Å². The number of benzene rings is 1. The number of ether oxygens (including phenoxy) is 1. The van der Waals surface area contributed by atoms with Gasteiger partial charge in [-0.3, -0.25) is 4.79 Å². The molecule has 1 aromatic heterocycles. The minimum absolute atomic E-state index is 0.00791. The second-order valence-electron chi connectivity index (χ2n) is 5.46. The first-order valence-electron chi connectivity index (χ1n) is 7.26. The van der Waals surface area contributed by atoms with Crippen molar-refractivity contribution in [2.75, 3.05) is 13.1 Å². The number of carbonyl (C=O) groups is 1. The van der Waals surface area contributed by atoms with Gasteiger partial charge in [-0.1, -0.05) is 17.7 Å². The smallest absolute Gasteiger partial charge is 0.253 e. The molecule has 1 amide bonds. The first kappa shape index (κ1) is 14.9. The third-order valence-electron chi connectivity index (χ3n) is 3.70. The molecule has 4 nitrogen and oxygen atoms in total. The Morgan fingerprint density at radius 3 is 2.73 bits per heavy atom. The number of rotatable bonds is 3. The number of aryl methyl sites for hydroxylation is 1. The van der Waals surface area contributed by atoms with Crippen LogP contribution in [0.4, 0.5) is 0 Å². The molecule has 1 saturated heterocycles. The van der Waals surface area contributed by atoms with Crippen LogP contribution in [0.3, 0.4) is 0 Å². The monoisotopic (exact) mass is 316 g/mol. The second kappa shape index (κ2) is 6.36. The van der Waals surface area contributed by atoms with Crippen molar-refractivity contribution in [3.8, 4) is 5.88 Å². The molecule has 0 saturated carbocycles. The van der Waals surface area contributed by atoms with Crippen molar-refractivity contribution in [2.45, 2.75) is 19.4 Å². The lowest BCUT2D eigenvalue weighted by Crippen LogP contribution is -2.31. The van der Waals surface area contributed by atoms with E-state index in [1.54, 1.807) is 30.5 Å². The Hall–Kier alpha value is -2.07. The molecule has 2 aromatic rings. The van der Waals surface area contributed by atoms with E-state index in [4.69, 9.17) is 16.3 Å². The highest BCUT2D eigenvalue weighted by molar-refractivity contribution is 6.30. The molecular formula is C17H17ClN2O2. The maximum absolute atomic E-state index is 12.4. The van der Waals surface area contributed by atoms with Crippen molar-refractivity contribution in [1.29, 1.82) is 0 Å². The topological polar surface area (TPSA) is 42.4 Å². The van der Waals surface area contributed by atoms with E-state index in [1.807, 2.05) is 24.0 Å². The van der Waals surface area contributed by atoms with E-state index >= 15 is 0 Å². The summed E-state index contributed by atoms with van der Waals surface area (Å²) in [6.07, 6.45) is 2.59. The number of halogens is 1. The Kier molecular flexibility index (Phi) is 4.29. The van der Waals surface area contributed by atoms with Gasteiger partial charge in [-0.05, 0) is 36.8 Å².